The number of unbranched alkanes of at least 4 members (excludes halogenated alkanes) is 2. The number of H-pyrrole nitrogens is 1. The summed E-state index contributed by atoms with van der Waals surface area (Å²) in [6.45, 7) is 2.89. The number of aryl methyl sites for hydroxylation is 1. The third-order valence-electron chi connectivity index (χ3n) is 1.60. The molecule has 0 amide bonds. The third-order valence-corrected chi connectivity index (χ3v) is 1.60. The molecule has 4 nitrogen and oxygen atoms in total. The van der Waals surface area contributed by atoms with E-state index >= 15 is 0 Å². The Morgan fingerprint density at radius 1 is 1.64 bits per heavy atom. The van der Waals surface area contributed by atoms with E-state index in [-0.39, 0.29) is 5.69 Å². The van der Waals surface area contributed by atoms with Gasteiger partial charge >= 0.3 is 5.69 Å². The molecule has 1 aromatic heterocycles. The molecule has 0 bridgehead atoms. The summed E-state index contributed by atoms with van der Waals surface area (Å²) < 4.78 is 1.52. The summed E-state index contributed by atoms with van der Waals surface area (Å²) in [5.74, 6) is 0. The summed E-state index contributed by atoms with van der Waals surface area (Å²) in [6.07, 6.45) is 4.79. The molecular formula is C7H13N3O. The fourth-order valence-corrected chi connectivity index (χ4v) is 0.959. The van der Waals surface area contributed by atoms with Gasteiger partial charge in [0, 0.05) is 6.54 Å². The first-order chi connectivity index (χ1) is 5.34. The predicted molar refractivity (Wildman–Crippen MR) is 42.4 cm³/mol. The second kappa shape index (κ2) is 3.95. The number of hydrogen-bond acceptors (Lipinski definition) is 2. The molecule has 11 heavy (non-hydrogen) atoms. The standard InChI is InChI=1S/C7H13N3O/c1-2-3-4-5-10-7(11)8-6-9-10/h6H,2-5H2,1H3,(H,8,9,11). The lowest BCUT2D eigenvalue weighted by Gasteiger charge is -1.97. The lowest BCUT2D eigenvalue weighted by molar-refractivity contribution is 0.538. The van der Waals surface area contributed by atoms with Gasteiger partial charge in [0.25, 0.3) is 0 Å². The highest BCUT2D eigenvalue weighted by Crippen LogP contribution is 1.94. The average molecular weight is 155 g/mol. The first-order valence-electron chi connectivity index (χ1n) is 3.95. The van der Waals surface area contributed by atoms with Crippen LogP contribution in [0.25, 0.3) is 0 Å². The largest absolute Gasteiger partial charge is 0.363 e. The van der Waals surface area contributed by atoms with E-state index in [0.29, 0.717) is 0 Å². The van der Waals surface area contributed by atoms with E-state index in [2.05, 4.69) is 17.0 Å². The molecular weight excluding hydrogens is 142 g/mol. The smallest absolute Gasteiger partial charge is 0.284 e. The maximum Gasteiger partial charge on any atom is 0.363 e. The Morgan fingerprint density at radius 3 is 3.00 bits per heavy atom. The summed E-state index contributed by atoms with van der Waals surface area (Å²) in [5, 5.41) is 2.76. The van der Waals surface area contributed by atoms with E-state index in [4.69, 9.17) is 0 Å². The number of aromatic nitrogens is 3. The van der Waals surface area contributed by atoms with Gasteiger partial charge in [-0.25, -0.2) is 9.48 Å². The van der Waals surface area contributed by atoms with Crippen LogP contribution in [0.2, 0.25) is 0 Å². The predicted octanol–water partition coefficient (Wildman–Crippen LogP) is 0.762. The van der Waals surface area contributed by atoms with E-state index in [1.54, 1.807) is 0 Å². The molecule has 0 saturated heterocycles. The first-order valence-corrected chi connectivity index (χ1v) is 3.95. The van der Waals surface area contributed by atoms with Crippen LogP contribution >= 0.6 is 0 Å². The van der Waals surface area contributed by atoms with Gasteiger partial charge in [-0.2, -0.15) is 4.98 Å². The molecule has 0 spiro atoms. The lowest BCUT2D eigenvalue weighted by atomic mass is 10.2. The van der Waals surface area contributed by atoms with Gasteiger partial charge in [-0.3, -0.25) is 5.10 Å². The van der Waals surface area contributed by atoms with Crippen molar-refractivity contribution < 1.29 is 0 Å². The SMILES string of the molecule is CCCCCn1[nH]cnc1=O. The monoisotopic (exact) mass is 155 g/mol. The summed E-state index contributed by atoms with van der Waals surface area (Å²) in [6, 6.07) is 0. The fourth-order valence-electron chi connectivity index (χ4n) is 0.959. The van der Waals surface area contributed by atoms with Crippen LogP contribution in [-0.4, -0.2) is 14.8 Å². The van der Waals surface area contributed by atoms with Crippen LogP contribution in [0.15, 0.2) is 11.1 Å². The van der Waals surface area contributed by atoms with Gasteiger partial charge in [0.2, 0.25) is 0 Å². The molecule has 0 radical (unpaired) electrons. The Labute approximate surface area is 65.2 Å². The maximum atomic E-state index is 10.8. The van der Waals surface area contributed by atoms with Crippen molar-refractivity contribution in [2.75, 3.05) is 0 Å². The van der Waals surface area contributed by atoms with Gasteiger partial charge in [-0.05, 0) is 6.42 Å². The van der Waals surface area contributed by atoms with Crippen molar-refractivity contribution in [1.29, 1.82) is 0 Å². The van der Waals surface area contributed by atoms with Crippen LogP contribution < -0.4 is 5.69 Å². The highest BCUT2D eigenvalue weighted by atomic mass is 16.1. The molecule has 4 heteroatoms. The summed E-state index contributed by atoms with van der Waals surface area (Å²) >= 11 is 0. The molecule has 1 heterocycles. The number of hydrogen-bond donors (Lipinski definition) is 1. The molecule has 0 aliphatic heterocycles. The lowest BCUT2D eigenvalue weighted by Crippen LogP contribution is -2.17. The van der Waals surface area contributed by atoms with Crippen molar-refractivity contribution in [3.05, 3.63) is 16.8 Å². The number of nitrogens with one attached hydrogen (secondary N) is 1. The molecule has 0 atom stereocenters. The highest BCUT2D eigenvalue weighted by molar-refractivity contribution is 4.58. The Balaban J connectivity index is 2.39. The summed E-state index contributed by atoms with van der Waals surface area (Å²) in [4.78, 5) is 14.4. The molecule has 0 aliphatic carbocycles. The average Bonchev–Trinajstić information content (AvgIpc) is 2.37. The van der Waals surface area contributed by atoms with Crippen molar-refractivity contribution in [3.63, 3.8) is 0 Å². The second-order valence-corrected chi connectivity index (χ2v) is 2.53. The van der Waals surface area contributed by atoms with E-state index in [1.165, 1.54) is 17.4 Å². The van der Waals surface area contributed by atoms with Crippen molar-refractivity contribution in [3.8, 4) is 0 Å². The zero-order chi connectivity index (χ0) is 8.10. The topological polar surface area (TPSA) is 50.7 Å². The molecule has 0 fully saturated rings. The van der Waals surface area contributed by atoms with E-state index in [0.717, 1.165) is 19.4 Å². The Morgan fingerprint density at radius 2 is 2.45 bits per heavy atom. The molecule has 1 aromatic rings. The zero-order valence-corrected chi connectivity index (χ0v) is 6.71. The van der Waals surface area contributed by atoms with Crippen molar-refractivity contribution in [1.82, 2.24) is 14.8 Å². The minimum atomic E-state index is -0.180. The Hall–Kier alpha value is -1.06. The van der Waals surface area contributed by atoms with Gasteiger partial charge in [-0.1, -0.05) is 19.8 Å². The minimum absolute atomic E-state index is 0.180. The van der Waals surface area contributed by atoms with Gasteiger partial charge in [0.15, 0.2) is 0 Å². The third kappa shape index (κ3) is 2.22. The van der Waals surface area contributed by atoms with E-state index in [9.17, 15) is 4.79 Å². The van der Waals surface area contributed by atoms with Crippen LogP contribution in [0.3, 0.4) is 0 Å². The zero-order valence-electron chi connectivity index (χ0n) is 6.71. The molecule has 62 valence electrons. The van der Waals surface area contributed by atoms with Gasteiger partial charge in [0.05, 0.1) is 0 Å². The fraction of sp³-hybridized carbons (Fsp3) is 0.714. The first kappa shape index (κ1) is 8.04. The van der Waals surface area contributed by atoms with E-state index in [1.807, 2.05) is 0 Å². The van der Waals surface area contributed by atoms with E-state index < -0.39 is 0 Å². The van der Waals surface area contributed by atoms with Gasteiger partial charge in [-0.15, -0.1) is 0 Å². The van der Waals surface area contributed by atoms with Crippen LogP contribution in [0, 0.1) is 0 Å². The normalized spacial score (nSPS) is 10.3. The second-order valence-electron chi connectivity index (χ2n) is 2.53. The number of nitrogens with zero attached hydrogens (tertiary/aromatic N) is 2. The van der Waals surface area contributed by atoms with Crippen LogP contribution in [0.1, 0.15) is 26.2 Å². The van der Waals surface area contributed by atoms with Crippen molar-refractivity contribution in [2.24, 2.45) is 0 Å². The summed E-state index contributed by atoms with van der Waals surface area (Å²) in [7, 11) is 0. The molecule has 0 unspecified atom stereocenters. The van der Waals surface area contributed by atoms with Crippen LogP contribution in [0.4, 0.5) is 0 Å². The molecule has 0 aromatic carbocycles. The molecule has 1 rings (SSSR count). The maximum absolute atomic E-state index is 10.8. The Kier molecular flexibility index (Phi) is 2.89. The quantitative estimate of drug-likeness (QED) is 0.652. The molecule has 0 aliphatic rings. The number of aromatic amines is 1. The molecule has 1 N–H and O–H groups in total. The molecule has 0 saturated carbocycles. The van der Waals surface area contributed by atoms with Crippen LogP contribution in [0.5, 0.6) is 0 Å². The minimum Gasteiger partial charge on any atom is -0.284 e. The Bertz CT molecular complexity index is 250. The van der Waals surface area contributed by atoms with Gasteiger partial charge < -0.3 is 0 Å². The van der Waals surface area contributed by atoms with Crippen molar-refractivity contribution >= 4 is 0 Å². The van der Waals surface area contributed by atoms with Gasteiger partial charge in [0.1, 0.15) is 6.33 Å². The highest BCUT2D eigenvalue weighted by Gasteiger charge is 1.94. The number of rotatable bonds is 4. The van der Waals surface area contributed by atoms with Crippen molar-refractivity contribution in [2.45, 2.75) is 32.7 Å². The van der Waals surface area contributed by atoms with Crippen LogP contribution in [-0.2, 0) is 6.54 Å². The summed E-state index contributed by atoms with van der Waals surface area (Å²) in [5.41, 5.74) is -0.180.